The third kappa shape index (κ3) is 4.51. The average Bonchev–Trinajstić information content (AvgIpc) is 2.36. The molecule has 3 heteroatoms. The molecule has 0 saturated heterocycles. The lowest BCUT2D eigenvalue weighted by atomic mass is 10.0. The van der Waals surface area contributed by atoms with E-state index < -0.39 is 0 Å². The summed E-state index contributed by atoms with van der Waals surface area (Å²) >= 11 is 0. The van der Waals surface area contributed by atoms with Crippen LogP contribution in [0.5, 0.6) is 5.75 Å². The quantitative estimate of drug-likeness (QED) is 0.808. The maximum absolute atomic E-state index is 5.55. The molecule has 1 aromatic rings. The van der Waals surface area contributed by atoms with Gasteiger partial charge < -0.3 is 15.2 Å². The van der Waals surface area contributed by atoms with E-state index >= 15 is 0 Å². The summed E-state index contributed by atoms with van der Waals surface area (Å²) in [6.45, 7) is 3.41. The predicted molar refractivity (Wildman–Crippen MR) is 75.9 cm³/mol. The van der Waals surface area contributed by atoms with Crippen molar-refractivity contribution in [2.75, 3.05) is 27.4 Å². The van der Waals surface area contributed by atoms with Crippen LogP contribution < -0.4 is 10.5 Å². The number of hydrogen-bond acceptors (Lipinski definition) is 3. The molecule has 0 bridgehead atoms. The van der Waals surface area contributed by atoms with Crippen molar-refractivity contribution in [1.29, 1.82) is 0 Å². The number of hydrogen-bond donors (Lipinski definition) is 1. The van der Waals surface area contributed by atoms with Crippen molar-refractivity contribution in [2.24, 2.45) is 5.73 Å². The molecule has 0 atom stereocenters. The summed E-state index contributed by atoms with van der Waals surface area (Å²) in [4.78, 5) is 0. The third-order valence-corrected chi connectivity index (χ3v) is 2.78. The highest BCUT2D eigenvalue weighted by Crippen LogP contribution is 2.23. The second-order valence-corrected chi connectivity index (χ2v) is 4.37. The lowest BCUT2D eigenvalue weighted by molar-refractivity contribution is 0.223. The summed E-state index contributed by atoms with van der Waals surface area (Å²) in [5.41, 5.74) is 9.11. The molecule has 1 rings (SSSR count). The van der Waals surface area contributed by atoms with E-state index in [4.69, 9.17) is 15.2 Å². The fraction of sp³-hybridized carbons (Fsp3) is 0.467. The summed E-state index contributed by atoms with van der Waals surface area (Å²) in [7, 11) is 3.40. The van der Waals surface area contributed by atoms with Gasteiger partial charge in [0.2, 0.25) is 0 Å². The Labute approximate surface area is 110 Å². The van der Waals surface area contributed by atoms with E-state index in [2.05, 4.69) is 19.1 Å². The molecule has 0 heterocycles. The minimum Gasteiger partial charge on any atom is -0.496 e. The van der Waals surface area contributed by atoms with Crippen LogP contribution in [0, 0.1) is 6.92 Å². The normalized spacial score (nSPS) is 11.7. The second kappa shape index (κ2) is 7.90. The molecule has 0 aliphatic carbocycles. The van der Waals surface area contributed by atoms with E-state index in [1.807, 2.05) is 12.1 Å². The number of nitrogens with two attached hydrogens (primary N) is 1. The van der Waals surface area contributed by atoms with Crippen LogP contribution in [0.1, 0.15) is 24.0 Å². The zero-order valence-corrected chi connectivity index (χ0v) is 11.5. The van der Waals surface area contributed by atoms with Gasteiger partial charge in [-0.25, -0.2) is 0 Å². The Kier molecular flexibility index (Phi) is 6.47. The Bertz CT molecular complexity index is 399. The predicted octanol–water partition coefficient (Wildman–Crippen LogP) is 2.77. The van der Waals surface area contributed by atoms with Gasteiger partial charge in [-0.15, -0.1) is 0 Å². The van der Waals surface area contributed by atoms with Crippen LogP contribution in [-0.2, 0) is 4.74 Å². The molecule has 0 aliphatic heterocycles. The first kappa shape index (κ1) is 14.7. The van der Waals surface area contributed by atoms with E-state index in [1.54, 1.807) is 14.2 Å². The maximum atomic E-state index is 5.55. The molecule has 100 valence electrons. The van der Waals surface area contributed by atoms with Crippen molar-refractivity contribution < 1.29 is 9.47 Å². The minimum absolute atomic E-state index is 0.636. The SMILES string of the molecule is COC/C(=C/c1cc(C)ccc1OC)CCCN. The van der Waals surface area contributed by atoms with Crippen molar-refractivity contribution in [2.45, 2.75) is 19.8 Å². The van der Waals surface area contributed by atoms with E-state index in [0.717, 1.165) is 24.2 Å². The Balaban J connectivity index is 2.97. The summed E-state index contributed by atoms with van der Waals surface area (Å²) in [5.74, 6) is 0.891. The highest BCUT2D eigenvalue weighted by Gasteiger charge is 2.03. The number of rotatable bonds is 7. The molecule has 0 radical (unpaired) electrons. The summed E-state index contributed by atoms with van der Waals surface area (Å²) in [5, 5.41) is 0. The molecule has 0 aliphatic rings. The van der Waals surface area contributed by atoms with Crippen molar-refractivity contribution in [3.63, 3.8) is 0 Å². The Morgan fingerprint density at radius 3 is 2.72 bits per heavy atom. The van der Waals surface area contributed by atoms with Crippen molar-refractivity contribution >= 4 is 6.08 Å². The number of methoxy groups -OCH3 is 2. The van der Waals surface area contributed by atoms with Crippen LogP contribution in [0.3, 0.4) is 0 Å². The lowest BCUT2D eigenvalue weighted by Crippen LogP contribution is -2.02. The minimum atomic E-state index is 0.636. The second-order valence-electron chi connectivity index (χ2n) is 4.37. The van der Waals surface area contributed by atoms with Crippen LogP contribution in [0.4, 0.5) is 0 Å². The van der Waals surface area contributed by atoms with Gasteiger partial charge in [-0.2, -0.15) is 0 Å². The van der Waals surface area contributed by atoms with Gasteiger partial charge in [-0.1, -0.05) is 11.6 Å². The van der Waals surface area contributed by atoms with E-state index in [0.29, 0.717) is 13.2 Å². The first-order valence-corrected chi connectivity index (χ1v) is 6.24. The van der Waals surface area contributed by atoms with Gasteiger partial charge in [0.25, 0.3) is 0 Å². The summed E-state index contributed by atoms with van der Waals surface area (Å²) in [6.07, 6.45) is 4.08. The van der Waals surface area contributed by atoms with Crippen LogP contribution in [0.25, 0.3) is 6.08 Å². The van der Waals surface area contributed by atoms with E-state index in [1.165, 1.54) is 11.1 Å². The van der Waals surface area contributed by atoms with Crippen LogP contribution in [0.2, 0.25) is 0 Å². The Morgan fingerprint density at radius 2 is 2.11 bits per heavy atom. The van der Waals surface area contributed by atoms with E-state index in [9.17, 15) is 0 Å². The van der Waals surface area contributed by atoms with Gasteiger partial charge >= 0.3 is 0 Å². The van der Waals surface area contributed by atoms with Crippen molar-refractivity contribution in [3.8, 4) is 5.75 Å². The molecule has 2 N–H and O–H groups in total. The van der Waals surface area contributed by atoms with Crippen molar-refractivity contribution in [3.05, 3.63) is 34.9 Å². The molecule has 0 saturated carbocycles. The van der Waals surface area contributed by atoms with Crippen LogP contribution >= 0.6 is 0 Å². The standard InChI is InChI=1S/C15H23NO2/c1-12-6-7-15(18-3)14(9-12)10-13(11-17-2)5-4-8-16/h6-7,9-10H,4-5,8,11,16H2,1-3H3/b13-10+. The van der Waals surface area contributed by atoms with Gasteiger partial charge in [-0.05, 0) is 50.1 Å². The highest BCUT2D eigenvalue weighted by molar-refractivity contribution is 5.61. The zero-order valence-electron chi connectivity index (χ0n) is 11.5. The van der Waals surface area contributed by atoms with Crippen molar-refractivity contribution in [1.82, 2.24) is 0 Å². The molecule has 0 aromatic heterocycles. The van der Waals surface area contributed by atoms with E-state index in [-0.39, 0.29) is 0 Å². The van der Waals surface area contributed by atoms with Crippen LogP contribution in [0.15, 0.2) is 23.8 Å². The largest absolute Gasteiger partial charge is 0.496 e. The van der Waals surface area contributed by atoms with Gasteiger partial charge in [0.15, 0.2) is 0 Å². The monoisotopic (exact) mass is 249 g/mol. The Hall–Kier alpha value is -1.32. The number of ether oxygens (including phenoxy) is 2. The highest BCUT2D eigenvalue weighted by atomic mass is 16.5. The molecule has 0 amide bonds. The number of benzene rings is 1. The smallest absolute Gasteiger partial charge is 0.126 e. The fourth-order valence-corrected chi connectivity index (χ4v) is 1.89. The molecular formula is C15H23NO2. The maximum Gasteiger partial charge on any atom is 0.126 e. The molecule has 3 nitrogen and oxygen atoms in total. The summed E-state index contributed by atoms with van der Waals surface area (Å²) in [6, 6.07) is 6.16. The van der Waals surface area contributed by atoms with Gasteiger partial charge in [0, 0.05) is 12.7 Å². The lowest BCUT2D eigenvalue weighted by Gasteiger charge is -2.09. The average molecular weight is 249 g/mol. The fourth-order valence-electron chi connectivity index (χ4n) is 1.89. The van der Waals surface area contributed by atoms with Crippen LogP contribution in [-0.4, -0.2) is 27.4 Å². The Morgan fingerprint density at radius 1 is 1.33 bits per heavy atom. The number of aryl methyl sites for hydroxylation is 1. The van der Waals surface area contributed by atoms with Gasteiger partial charge in [0.05, 0.1) is 13.7 Å². The van der Waals surface area contributed by atoms with Gasteiger partial charge in [0.1, 0.15) is 5.75 Å². The molecule has 0 fully saturated rings. The summed E-state index contributed by atoms with van der Waals surface area (Å²) < 4.78 is 10.6. The first-order chi connectivity index (χ1) is 8.71. The molecule has 0 unspecified atom stereocenters. The molecule has 0 spiro atoms. The molecular weight excluding hydrogens is 226 g/mol. The van der Waals surface area contributed by atoms with Gasteiger partial charge in [-0.3, -0.25) is 0 Å². The third-order valence-electron chi connectivity index (χ3n) is 2.78. The topological polar surface area (TPSA) is 44.5 Å². The molecule has 18 heavy (non-hydrogen) atoms. The first-order valence-electron chi connectivity index (χ1n) is 6.24. The zero-order chi connectivity index (χ0) is 13.4. The molecule has 1 aromatic carbocycles.